The third-order valence-corrected chi connectivity index (χ3v) is 4.15. The van der Waals surface area contributed by atoms with Crippen LogP contribution in [0.15, 0.2) is 0 Å². The molecular formula is C13H20N2O4S. The zero-order valence-corrected chi connectivity index (χ0v) is 13.0. The van der Waals surface area contributed by atoms with Gasteiger partial charge in [-0.2, -0.15) is 0 Å². The first-order valence-corrected chi connectivity index (χ1v) is 7.29. The van der Waals surface area contributed by atoms with E-state index in [1.165, 1.54) is 18.4 Å². The summed E-state index contributed by atoms with van der Waals surface area (Å²) in [5.41, 5.74) is 0.214. The molecule has 2 heterocycles. The Balaban J connectivity index is 2.28. The highest BCUT2D eigenvalue weighted by molar-refractivity contribution is 7.17. The van der Waals surface area contributed by atoms with Crippen LogP contribution in [0.1, 0.15) is 36.1 Å². The second-order valence-corrected chi connectivity index (χ2v) is 6.56. The maximum atomic E-state index is 11.3. The van der Waals surface area contributed by atoms with Gasteiger partial charge in [0.25, 0.3) is 0 Å². The molecule has 2 rings (SSSR count). The first kappa shape index (κ1) is 15.2. The number of nitrogens with zero attached hydrogens (tertiary/aromatic N) is 2. The SMILES string of the molecule is COCc1nc(N2CC(C)OC(C)(C)C2)sc1C(=O)O. The van der Waals surface area contributed by atoms with Gasteiger partial charge in [0.15, 0.2) is 5.13 Å². The molecule has 1 N–H and O–H groups in total. The number of rotatable bonds is 4. The van der Waals surface area contributed by atoms with E-state index in [-0.39, 0.29) is 23.2 Å². The molecular weight excluding hydrogens is 280 g/mol. The molecule has 1 aliphatic rings. The molecule has 0 aromatic carbocycles. The van der Waals surface area contributed by atoms with Gasteiger partial charge in [0.2, 0.25) is 0 Å². The number of methoxy groups -OCH3 is 1. The normalized spacial score (nSPS) is 22.0. The Hall–Kier alpha value is -1.18. The molecule has 0 amide bonds. The van der Waals surface area contributed by atoms with Gasteiger partial charge in [0.05, 0.1) is 24.0 Å². The zero-order valence-electron chi connectivity index (χ0n) is 12.2. The first-order valence-electron chi connectivity index (χ1n) is 6.47. The smallest absolute Gasteiger partial charge is 0.347 e. The summed E-state index contributed by atoms with van der Waals surface area (Å²) in [7, 11) is 1.53. The number of thiazole rings is 1. The minimum Gasteiger partial charge on any atom is -0.477 e. The summed E-state index contributed by atoms with van der Waals surface area (Å²) >= 11 is 1.20. The Labute approximate surface area is 122 Å². The van der Waals surface area contributed by atoms with Gasteiger partial charge in [0.1, 0.15) is 4.88 Å². The number of aromatic nitrogens is 1. The third kappa shape index (κ3) is 3.28. The van der Waals surface area contributed by atoms with Crippen LogP contribution >= 0.6 is 11.3 Å². The summed E-state index contributed by atoms with van der Waals surface area (Å²) in [6.07, 6.45) is 0.0850. The van der Waals surface area contributed by atoms with Gasteiger partial charge < -0.3 is 19.5 Å². The molecule has 6 nitrogen and oxygen atoms in total. The molecule has 112 valence electrons. The average Bonchev–Trinajstić information content (AvgIpc) is 2.71. The van der Waals surface area contributed by atoms with E-state index in [1.54, 1.807) is 0 Å². The predicted molar refractivity (Wildman–Crippen MR) is 76.6 cm³/mol. The van der Waals surface area contributed by atoms with Gasteiger partial charge >= 0.3 is 5.97 Å². The van der Waals surface area contributed by atoms with Crippen LogP contribution < -0.4 is 4.90 Å². The lowest BCUT2D eigenvalue weighted by Gasteiger charge is -2.41. The fourth-order valence-corrected chi connectivity index (χ4v) is 3.39. The van der Waals surface area contributed by atoms with Gasteiger partial charge in [-0.3, -0.25) is 0 Å². The van der Waals surface area contributed by atoms with Gasteiger partial charge in [0, 0.05) is 20.2 Å². The minimum absolute atomic E-state index is 0.0850. The second kappa shape index (κ2) is 5.67. The number of carboxylic acids is 1. The van der Waals surface area contributed by atoms with Gasteiger partial charge in [-0.05, 0) is 20.8 Å². The molecule has 0 bridgehead atoms. The molecule has 1 atom stereocenters. The van der Waals surface area contributed by atoms with Crippen LogP contribution in [-0.2, 0) is 16.1 Å². The van der Waals surface area contributed by atoms with Gasteiger partial charge in [-0.1, -0.05) is 11.3 Å². The second-order valence-electron chi connectivity index (χ2n) is 5.58. The number of hydrogen-bond acceptors (Lipinski definition) is 6. The lowest BCUT2D eigenvalue weighted by atomic mass is 10.1. The van der Waals surface area contributed by atoms with Crippen molar-refractivity contribution in [1.82, 2.24) is 4.98 Å². The number of hydrogen-bond donors (Lipinski definition) is 1. The summed E-state index contributed by atoms with van der Waals surface area (Å²) in [6.45, 7) is 7.67. The largest absolute Gasteiger partial charge is 0.477 e. The number of anilines is 1. The molecule has 7 heteroatoms. The van der Waals surface area contributed by atoms with Crippen LogP contribution in [0, 0.1) is 0 Å². The van der Waals surface area contributed by atoms with Crippen LogP contribution in [0.2, 0.25) is 0 Å². The molecule has 0 saturated carbocycles. The maximum Gasteiger partial charge on any atom is 0.347 e. The van der Waals surface area contributed by atoms with E-state index < -0.39 is 5.97 Å². The molecule has 1 aliphatic heterocycles. The van der Waals surface area contributed by atoms with E-state index in [2.05, 4.69) is 9.88 Å². The average molecular weight is 300 g/mol. The Morgan fingerprint density at radius 3 is 2.90 bits per heavy atom. The minimum atomic E-state index is -0.957. The summed E-state index contributed by atoms with van der Waals surface area (Å²) in [5, 5.41) is 9.95. The number of carbonyl (C=O) groups is 1. The highest BCUT2D eigenvalue weighted by Crippen LogP contribution is 2.31. The van der Waals surface area contributed by atoms with Crippen LogP contribution in [0.3, 0.4) is 0 Å². The molecule has 20 heavy (non-hydrogen) atoms. The van der Waals surface area contributed by atoms with Crippen molar-refractivity contribution in [2.24, 2.45) is 0 Å². The number of carboxylic acid groups (broad SMARTS) is 1. The van der Waals surface area contributed by atoms with E-state index in [1.807, 2.05) is 20.8 Å². The highest BCUT2D eigenvalue weighted by Gasteiger charge is 2.33. The Bertz CT molecular complexity index is 501. The van der Waals surface area contributed by atoms with Crippen LogP contribution in [-0.4, -0.2) is 48.0 Å². The van der Waals surface area contributed by atoms with Crippen molar-refractivity contribution in [3.63, 3.8) is 0 Å². The van der Waals surface area contributed by atoms with Crippen molar-refractivity contribution in [3.8, 4) is 0 Å². The number of ether oxygens (including phenoxy) is 2. The Kier molecular flexibility index (Phi) is 4.31. The highest BCUT2D eigenvalue weighted by atomic mass is 32.1. The Morgan fingerprint density at radius 2 is 2.35 bits per heavy atom. The van der Waals surface area contributed by atoms with Crippen LogP contribution in [0.5, 0.6) is 0 Å². The van der Waals surface area contributed by atoms with E-state index >= 15 is 0 Å². The fourth-order valence-electron chi connectivity index (χ4n) is 2.48. The molecule has 1 fully saturated rings. The predicted octanol–water partition coefficient (Wildman–Crippen LogP) is 1.99. The van der Waals surface area contributed by atoms with Crippen molar-refractivity contribution in [3.05, 3.63) is 10.6 Å². The third-order valence-electron chi connectivity index (χ3n) is 3.00. The molecule has 0 radical (unpaired) electrons. The Morgan fingerprint density at radius 1 is 1.65 bits per heavy atom. The topological polar surface area (TPSA) is 71.9 Å². The summed E-state index contributed by atoms with van der Waals surface area (Å²) in [5.74, 6) is -0.957. The molecule has 1 unspecified atom stereocenters. The van der Waals surface area contributed by atoms with E-state index in [9.17, 15) is 9.90 Å². The quantitative estimate of drug-likeness (QED) is 0.917. The maximum absolute atomic E-state index is 11.3. The summed E-state index contributed by atoms with van der Waals surface area (Å²) in [4.78, 5) is 18.0. The number of morpholine rings is 1. The molecule has 1 aromatic heterocycles. The fraction of sp³-hybridized carbons (Fsp3) is 0.692. The number of aromatic carboxylic acids is 1. The van der Waals surface area contributed by atoms with Crippen LogP contribution in [0.25, 0.3) is 0 Å². The molecule has 1 aromatic rings. The summed E-state index contributed by atoms with van der Waals surface area (Å²) in [6, 6.07) is 0. The van der Waals surface area contributed by atoms with E-state index in [0.29, 0.717) is 18.8 Å². The van der Waals surface area contributed by atoms with Crippen molar-refractivity contribution < 1.29 is 19.4 Å². The van der Waals surface area contributed by atoms with Crippen molar-refractivity contribution in [1.29, 1.82) is 0 Å². The van der Waals surface area contributed by atoms with Crippen LogP contribution in [0.4, 0.5) is 5.13 Å². The van der Waals surface area contributed by atoms with Crippen molar-refractivity contribution in [2.45, 2.75) is 39.1 Å². The van der Waals surface area contributed by atoms with E-state index in [0.717, 1.165) is 5.13 Å². The van der Waals surface area contributed by atoms with Crippen molar-refractivity contribution >= 4 is 22.4 Å². The van der Waals surface area contributed by atoms with Crippen molar-refractivity contribution in [2.75, 3.05) is 25.1 Å². The molecule has 1 saturated heterocycles. The van der Waals surface area contributed by atoms with E-state index in [4.69, 9.17) is 9.47 Å². The first-order chi connectivity index (χ1) is 9.32. The lowest BCUT2D eigenvalue weighted by molar-refractivity contribution is -0.0749. The summed E-state index contributed by atoms with van der Waals surface area (Å²) < 4.78 is 10.9. The molecule has 0 aliphatic carbocycles. The lowest BCUT2D eigenvalue weighted by Crippen LogP contribution is -2.52. The zero-order chi connectivity index (χ0) is 14.9. The van der Waals surface area contributed by atoms with Gasteiger partial charge in [-0.15, -0.1) is 0 Å². The monoisotopic (exact) mass is 300 g/mol. The molecule has 0 spiro atoms. The van der Waals surface area contributed by atoms with Gasteiger partial charge in [-0.25, -0.2) is 9.78 Å². The standard InChI is InChI=1S/C13H20N2O4S/c1-8-5-15(7-13(2,3)19-8)12-14-9(6-18-4)10(20-12)11(16)17/h8H,5-7H2,1-4H3,(H,16,17).